The van der Waals surface area contributed by atoms with Crippen LogP contribution in [0.5, 0.6) is 0 Å². The number of nitrogens with two attached hydrogens (primary N) is 2. The quantitative estimate of drug-likeness (QED) is 0.751. The highest BCUT2D eigenvalue weighted by molar-refractivity contribution is 5.95. The molecule has 1 fully saturated rings. The van der Waals surface area contributed by atoms with Crippen LogP contribution in [0.2, 0.25) is 0 Å². The van der Waals surface area contributed by atoms with E-state index in [0.717, 1.165) is 12.8 Å². The Kier molecular flexibility index (Phi) is 5.00. The van der Waals surface area contributed by atoms with E-state index in [9.17, 15) is 9.59 Å². The molecule has 4 N–H and O–H groups in total. The van der Waals surface area contributed by atoms with E-state index in [2.05, 4.69) is 0 Å². The van der Waals surface area contributed by atoms with E-state index in [1.54, 1.807) is 41.5 Å². The zero-order valence-electron chi connectivity index (χ0n) is 14.6. The van der Waals surface area contributed by atoms with Crippen molar-refractivity contribution in [2.75, 3.05) is 0 Å². The minimum Gasteiger partial charge on any atom is -0.459 e. The van der Waals surface area contributed by atoms with Gasteiger partial charge in [0.15, 0.2) is 0 Å². The van der Waals surface area contributed by atoms with Gasteiger partial charge in [-0.3, -0.25) is 0 Å². The molecule has 128 valence electrons. The number of carbonyl (C=O) groups is 2. The molecule has 6 nitrogen and oxygen atoms in total. The Hall–Kier alpha value is -1.14. The van der Waals surface area contributed by atoms with Gasteiger partial charge in [-0.1, -0.05) is 12.8 Å². The summed E-state index contributed by atoms with van der Waals surface area (Å²) in [5.41, 5.74) is 8.08. The lowest BCUT2D eigenvalue weighted by Crippen LogP contribution is -2.76. The monoisotopic (exact) mass is 314 g/mol. The van der Waals surface area contributed by atoms with Crippen molar-refractivity contribution in [3.05, 3.63) is 0 Å². The highest BCUT2D eigenvalue weighted by atomic mass is 16.6. The van der Waals surface area contributed by atoms with Crippen LogP contribution in [0.1, 0.15) is 67.2 Å². The van der Waals surface area contributed by atoms with Gasteiger partial charge in [0.25, 0.3) is 0 Å². The fourth-order valence-corrected chi connectivity index (χ4v) is 2.56. The summed E-state index contributed by atoms with van der Waals surface area (Å²) in [4.78, 5) is 25.2. The number of ether oxygens (including phenoxy) is 2. The summed E-state index contributed by atoms with van der Waals surface area (Å²) in [6.45, 7) is 10.5. The number of hydrogen-bond donors (Lipinski definition) is 2. The summed E-state index contributed by atoms with van der Waals surface area (Å²) < 4.78 is 10.8. The van der Waals surface area contributed by atoms with Gasteiger partial charge < -0.3 is 20.9 Å². The van der Waals surface area contributed by atoms with Crippen LogP contribution in [0.15, 0.2) is 0 Å². The van der Waals surface area contributed by atoms with Gasteiger partial charge >= 0.3 is 11.9 Å². The first kappa shape index (κ1) is 18.9. The predicted molar refractivity (Wildman–Crippen MR) is 84.0 cm³/mol. The lowest BCUT2D eigenvalue weighted by Gasteiger charge is -2.46. The molecule has 0 aliphatic heterocycles. The molecule has 2 atom stereocenters. The molecule has 22 heavy (non-hydrogen) atoms. The van der Waals surface area contributed by atoms with Gasteiger partial charge in [0.1, 0.15) is 22.3 Å². The normalized spacial score (nSPS) is 29.8. The van der Waals surface area contributed by atoms with Crippen LogP contribution in [0.4, 0.5) is 0 Å². The van der Waals surface area contributed by atoms with Crippen molar-refractivity contribution in [1.29, 1.82) is 0 Å². The summed E-state index contributed by atoms with van der Waals surface area (Å²) in [5, 5.41) is 0. The highest BCUT2D eigenvalue weighted by Gasteiger charge is 2.60. The maximum atomic E-state index is 12.6. The third-order valence-corrected chi connectivity index (χ3v) is 3.71. The van der Waals surface area contributed by atoms with Crippen LogP contribution in [-0.4, -0.2) is 34.2 Å². The van der Waals surface area contributed by atoms with E-state index in [1.807, 2.05) is 0 Å². The summed E-state index contributed by atoms with van der Waals surface area (Å²) in [7, 11) is 0. The first-order valence-electron chi connectivity index (χ1n) is 7.76. The molecule has 1 aliphatic carbocycles. The zero-order valence-corrected chi connectivity index (χ0v) is 14.6. The van der Waals surface area contributed by atoms with E-state index < -0.39 is 34.2 Å². The van der Waals surface area contributed by atoms with E-state index in [4.69, 9.17) is 20.9 Å². The summed E-state index contributed by atoms with van der Waals surface area (Å²) in [6.07, 6.45) is 2.05. The number of esters is 2. The molecule has 0 spiro atoms. The molecule has 0 amide bonds. The van der Waals surface area contributed by atoms with Gasteiger partial charge in [-0.05, 0) is 54.4 Å². The second-order valence-corrected chi connectivity index (χ2v) is 8.15. The van der Waals surface area contributed by atoms with Crippen molar-refractivity contribution in [3.63, 3.8) is 0 Å². The molecule has 0 radical (unpaired) electrons. The second-order valence-electron chi connectivity index (χ2n) is 8.15. The molecule has 1 saturated carbocycles. The van der Waals surface area contributed by atoms with Gasteiger partial charge in [-0.15, -0.1) is 0 Å². The third-order valence-electron chi connectivity index (χ3n) is 3.71. The van der Waals surface area contributed by atoms with Crippen LogP contribution >= 0.6 is 0 Å². The van der Waals surface area contributed by atoms with Crippen molar-refractivity contribution in [3.8, 4) is 0 Å². The first-order valence-corrected chi connectivity index (χ1v) is 7.76. The maximum Gasteiger partial charge on any atom is 0.329 e. The molecule has 0 saturated heterocycles. The van der Waals surface area contributed by atoms with Crippen molar-refractivity contribution >= 4 is 11.9 Å². The topological polar surface area (TPSA) is 105 Å². The molecule has 0 aromatic carbocycles. The van der Waals surface area contributed by atoms with Crippen LogP contribution in [0.3, 0.4) is 0 Å². The van der Waals surface area contributed by atoms with Crippen LogP contribution in [0.25, 0.3) is 0 Å². The molecule has 1 aliphatic rings. The first-order chi connectivity index (χ1) is 9.71. The third kappa shape index (κ3) is 3.98. The number of rotatable bonds is 2. The largest absolute Gasteiger partial charge is 0.459 e. The van der Waals surface area contributed by atoms with Gasteiger partial charge in [-0.2, -0.15) is 0 Å². The molecule has 2 unspecified atom stereocenters. The summed E-state index contributed by atoms with van der Waals surface area (Å²) in [5.74, 6) is -1.29. The molecule has 0 aromatic heterocycles. The standard InChI is InChI=1S/C16H30N2O4/c1-13(2,3)21-11(19)15(17)9-7-8-10-16(15,18)12(20)22-14(4,5)6/h7-10,17-18H2,1-6H3. The summed E-state index contributed by atoms with van der Waals surface area (Å²) in [6, 6.07) is 0. The van der Waals surface area contributed by atoms with Crippen LogP contribution < -0.4 is 11.5 Å². The molecule has 0 heterocycles. The van der Waals surface area contributed by atoms with E-state index in [0.29, 0.717) is 12.8 Å². The molecule has 1 rings (SSSR count). The van der Waals surface area contributed by atoms with Gasteiger partial charge in [0.05, 0.1) is 0 Å². The molecular formula is C16H30N2O4. The van der Waals surface area contributed by atoms with E-state index >= 15 is 0 Å². The molecule has 6 heteroatoms. The molecule has 0 bridgehead atoms. The minimum absolute atomic E-state index is 0.303. The lowest BCUT2D eigenvalue weighted by atomic mass is 9.67. The van der Waals surface area contributed by atoms with Crippen molar-refractivity contribution in [2.45, 2.75) is 89.5 Å². The SMILES string of the molecule is CC(C)(C)OC(=O)C1(N)CCCCC1(N)C(=O)OC(C)(C)C. The Bertz CT molecular complexity index is 408. The lowest BCUT2D eigenvalue weighted by molar-refractivity contribution is -0.179. The maximum absolute atomic E-state index is 12.6. The van der Waals surface area contributed by atoms with Gasteiger partial charge in [0.2, 0.25) is 0 Å². The van der Waals surface area contributed by atoms with Gasteiger partial charge in [0, 0.05) is 0 Å². The van der Waals surface area contributed by atoms with Crippen molar-refractivity contribution < 1.29 is 19.1 Å². The van der Waals surface area contributed by atoms with Crippen LogP contribution in [0, 0.1) is 0 Å². The molecule has 0 aromatic rings. The predicted octanol–water partition coefficient (Wildman–Crippen LogP) is 1.64. The Balaban J connectivity index is 3.13. The minimum atomic E-state index is -1.57. The smallest absolute Gasteiger partial charge is 0.329 e. The average Bonchev–Trinajstić information content (AvgIpc) is 2.28. The Morgan fingerprint density at radius 3 is 1.27 bits per heavy atom. The van der Waals surface area contributed by atoms with Crippen molar-refractivity contribution in [1.82, 2.24) is 0 Å². The zero-order chi connectivity index (χ0) is 17.4. The van der Waals surface area contributed by atoms with E-state index in [1.165, 1.54) is 0 Å². The Labute approximate surface area is 132 Å². The average molecular weight is 314 g/mol. The van der Waals surface area contributed by atoms with Crippen molar-refractivity contribution in [2.24, 2.45) is 11.5 Å². The summed E-state index contributed by atoms with van der Waals surface area (Å²) >= 11 is 0. The Morgan fingerprint density at radius 1 is 0.773 bits per heavy atom. The second kappa shape index (κ2) is 5.81. The van der Waals surface area contributed by atoms with E-state index in [-0.39, 0.29) is 0 Å². The fraction of sp³-hybridized carbons (Fsp3) is 0.875. The highest BCUT2D eigenvalue weighted by Crippen LogP contribution is 2.37. The molecular weight excluding hydrogens is 284 g/mol. The Morgan fingerprint density at radius 2 is 1.05 bits per heavy atom. The van der Waals surface area contributed by atoms with Gasteiger partial charge in [-0.25, -0.2) is 9.59 Å². The number of carbonyl (C=O) groups excluding carboxylic acids is 2. The fourth-order valence-electron chi connectivity index (χ4n) is 2.56. The van der Waals surface area contributed by atoms with Crippen LogP contribution in [-0.2, 0) is 19.1 Å². The number of hydrogen-bond acceptors (Lipinski definition) is 6.